The first-order chi connectivity index (χ1) is 15.6. The standard InChI is InChI=1S/C30H44N2.Pd/c1-6-11-16-30(32-29-20-18-25(13-8-3)27(22-29)15-10-5)23-31-28-19-17-24(12-7-2)26(21-28)14-9-4;/h17-23H,6-16H2,1-5H3;/b31-23+,32-30+;. The van der Waals surface area contributed by atoms with Crippen LogP contribution < -0.4 is 0 Å². The van der Waals surface area contributed by atoms with E-state index in [1.807, 2.05) is 6.21 Å². The fourth-order valence-electron chi connectivity index (χ4n) is 4.23. The Morgan fingerprint density at radius 3 is 1.64 bits per heavy atom. The van der Waals surface area contributed by atoms with Crippen molar-refractivity contribution in [1.82, 2.24) is 0 Å². The minimum Gasteiger partial charge on any atom is -0.255 e. The minimum atomic E-state index is 0. The molecule has 2 aromatic rings. The van der Waals surface area contributed by atoms with Crippen LogP contribution in [0, 0.1) is 0 Å². The van der Waals surface area contributed by atoms with Crippen molar-refractivity contribution in [3.63, 3.8) is 0 Å². The first kappa shape index (κ1) is 29.5. The van der Waals surface area contributed by atoms with Crippen LogP contribution in [0.3, 0.4) is 0 Å². The first-order valence-corrected chi connectivity index (χ1v) is 13.0. The van der Waals surface area contributed by atoms with Gasteiger partial charge in [-0.05, 0) is 85.0 Å². The molecule has 0 amide bonds. The van der Waals surface area contributed by atoms with Gasteiger partial charge in [0.25, 0.3) is 0 Å². The second-order valence-electron chi connectivity index (χ2n) is 8.87. The summed E-state index contributed by atoms with van der Waals surface area (Å²) in [7, 11) is 0. The predicted molar refractivity (Wildman–Crippen MR) is 144 cm³/mol. The number of benzene rings is 2. The average molecular weight is 539 g/mol. The Morgan fingerprint density at radius 1 is 0.636 bits per heavy atom. The Labute approximate surface area is 217 Å². The summed E-state index contributed by atoms with van der Waals surface area (Å²) in [6.45, 7) is 11.2. The molecule has 0 atom stereocenters. The second-order valence-corrected chi connectivity index (χ2v) is 8.87. The van der Waals surface area contributed by atoms with Gasteiger partial charge in [-0.25, -0.2) is 0 Å². The molecule has 0 aromatic heterocycles. The number of unbranched alkanes of at least 4 members (excludes halogenated alkanes) is 1. The molecule has 184 valence electrons. The number of hydrogen-bond donors (Lipinski definition) is 0. The zero-order valence-corrected chi connectivity index (χ0v) is 23.1. The Morgan fingerprint density at radius 2 is 1.12 bits per heavy atom. The van der Waals surface area contributed by atoms with Crippen molar-refractivity contribution in [3.8, 4) is 0 Å². The number of nitrogens with zero attached hydrogens (tertiary/aromatic N) is 2. The van der Waals surface area contributed by atoms with E-state index in [2.05, 4.69) is 71.0 Å². The third-order valence-electron chi connectivity index (χ3n) is 5.88. The molecule has 0 aliphatic rings. The molecule has 0 unspecified atom stereocenters. The van der Waals surface area contributed by atoms with E-state index in [9.17, 15) is 0 Å². The fourth-order valence-corrected chi connectivity index (χ4v) is 4.23. The number of aliphatic imine (C=N–C) groups is 2. The molecule has 0 heterocycles. The van der Waals surface area contributed by atoms with Gasteiger partial charge >= 0.3 is 0 Å². The molecule has 3 heteroatoms. The number of rotatable bonds is 14. The topological polar surface area (TPSA) is 24.7 Å². The van der Waals surface area contributed by atoms with Crippen LogP contribution in [0.4, 0.5) is 11.4 Å². The monoisotopic (exact) mass is 538 g/mol. The summed E-state index contributed by atoms with van der Waals surface area (Å²) >= 11 is 0. The van der Waals surface area contributed by atoms with Crippen molar-refractivity contribution < 1.29 is 20.4 Å². The summed E-state index contributed by atoms with van der Waals surface area (Å²) in [6, 6.07) is 13.5. The molecule has 0 radical (unpaired) electrons. The van der Waals surface area contributed by atoms with Crippen LogP contribution in [0.15, 0.2) is 46.4 Å². The summed E-state index contributed by atoms with van der Waals surface area (Å²) in [4.78, 5) is 9.88. The molecule has 0 spiro atoms. The van der Waals surface area contributed by atoms with E-state index in [1.165, 1.54) is 47.9 Å². The van der Waals surface area contributed by atoms with Gasteiger partial charge in [0.1, 0.15) is 0 Å². The van der Waals surface area contributed by atoms with Crippen LogP contribution in [0.2, 0.25) is 0 Å². The quantitative estimate of drug-likeness (QED) is 0.169. The molecular formula is C30H44N2Pd. The molecule has 33 heavy (non-hydrogen) atoms. The Kier molecular flexibility index (Phi) is 15.2. The van der Waals surface area contributed by atoms with Crippen molar-refractivity contribution in [3.05, 3.63) is 58.7 Å². The maximum atomic E-state index is 5.03. The molecule has 2 aromatic carbocycles. The molecule has 0 aliphatic carbocycles. The van der Waals surface area contributed by atoms with Crippen molar-refractivity contribution in [2.24, 2.45) is 9.98 Å². The largest absolute Gasteiger partial charge is 0.255 e. The van der Waals surface area contributed by atoms with E-state index in [4.69, 9.17) is 9.98 Å². The van der Waals surface area contributed by atoms with Gasteiger partial charge in [0.15, 0.2) is 0 Å². The molecular weight excluding hydrogens is 495 g/mol. The molecule has 2 nitrogen and oxygen atoms in total. The van der Waals surface area contributed by atoms with E-state index >= 15 is 0 Å². The van der Waals surface area contributed by atoms with E-state index in [0.717, 1.165) is 62.0 Å². The van der Waals surface area contributed by atoms with Crippen LogP contribution in [-0.4, -0.2) is 11.9 Å². The minimum absolute atomic E-state index is 0. The smallest absolute Gasteiger partial charge is 0.0636 e. The van der Waals surface area contributed by atoms with Crippen molar-refractivity contribution in [2.75, 3.05) is 0 Å². The summed E-state index contributed by atoms with van der Waals surface area (Å²) < 4.78 is 0. The zero-order chi connectivity index (χ0) is 23.2. The molecule has 0 fully saturated rings. The predicted octanol–water partition coefficient (Wildman–Crippen LogP) is 9.16. The Balaban J connectivity index is 0.00000544. The maximum absolute atomic E-state index is 5.03. The SMILES string of the molecule is CCCCC(/C=N/c1ccc(CCC)c(CCC)c1)=N\c1ccc(CCC)c(CCC)c1.[Pd]. The van der Waals surface area contributed by atoms with Gasteiger partial charge in [0.05, 0.1) is 17.1 Å². The molecule has 2 rings (SSSR count). The van der Waals surface area contributed by atoms with E-state index < -0.39 is 0 Å². The summed E-state index contributed by atoms with van der Waals surface area (Å²) in [5, 5.41) is 0. The van der Waals surface area contributed by atoms with Crippen LogP contribution in [0.5, 0.6) is 0 Å². The van der Waals surface area contributed by atoms with E-state index in [1.54, 1.807) is 0 Å². The maximum Gasteiger partial charge on any atom is 0.0636 e. The Hall–Kier alpha value is -1.56. The summed E-state index contributed by atoms with van der Waals surface area (Å²) in [5.74, 6) is 0. The molecule has 0 aliphatic heterocycles. The van der Waals surface area contributed by atoms with Crippen LogP contribution in [-0.2, 0) is 46.1 Å². The summed E-state index contributed by atoms with van der Waals surface area (Å²) in [6.07, 6.45) is 14.5. The van der Waals surface area contributed by atoms with Crippen LogP contribution in [0.1, 0.15) is 102 Å². The zero-order valence-electron chi connectivity index (χ0n) is 21.5. The van der Waals surface area contributed by atoms with Gasteiger partial charge in [-0.1, -0.05) is 78.9 Å². The third-order valence-corrected chi connectivity index (χ3v) is 5.88. The molecule has 0 saturated heterocycles. The van der Waals surface area contributed by atoms with Gasteiger partial charge < -0.3 is 0 Å². The Bertz CT molecular complexity index is 883. The van der Waals surface area contributed by atoms with Gasteiger partial charge in [0, 0.05) is 26.6 Å². The van der Waals surface area contributed by atoms with Crippen molar-refractivity contribution >= 4 is 23.3 Å². The van der Waals surface area contributed by atoms with Crippen molar-refractivity contribution in [1.29, 1.82) is 0 Å². The average Bonchev–Trinajstić information content (AvgIpc) is 2.79. The van der Waals surface area contributed by atoms with E-state index in [-0.39, 0.29) is 20.4 Å². The van der Waals surface area contributed by atoms with E-state index in [0.29, 0.717) is 0 Å². The van der Waals surface area contributed by atoms with Gasteiger partial charge in [-0.3, -0.25) is 9.98 Å². The van der Waals surface area contributed by atoms with Gasteiger partial charge in [-0.2, -0.15) is 0 Å². The normalized spacial score (nSPS) is 11.7. The molecule has 0 saturated carbocycles. The molecule has 0 N–H and O–H groups in total. The number of aryl methyl sites for hydroxylation is 4. The van der Waals surface area contributed by atoms with Crippen LogP contribution in [0.25, 0.3) is 0 Å². The van der Waals surface area contributed by atoms with Gasteiger partial charge in [-0.15, -0.1) is 0 Å². The third kappa shape index (κ3) is 10.1. The fraction of sp³-hybridized carbons (Fsp3) is 0.533. The summed E-state index contributed by atoms with van der Waals surface area (Å²) in [5.41, 5.74) is 9.05. The van der Waals surface area contributed by atoms with Gasteiger partial charge in [0.2, 0.25) is 0 Å². The first-order valence-electron chi connectivity index (χ1n) is 13.0. The second kappa shape index (κ2) is 17.0. The number of hydrogen-bond acceptors (Lipinski definition) is 2. The van der Waals surface area contributed by atoms with Crippen molar-refractivity contribution in [2.45, 2.75) is 105 Å². The van der Waals surface area contributed by atoms with Crippen LogP contribution >= 0.6 is 0 Å². The molecule has 0 bridgehead atoms.